The van der Waals surface area contributed by atoms with Crippen LogP contribution in [0.5, 0.6) is 5.75 Å². The Kier molecular flexibility index (Phi) is 4.31. The summed E-state index contributed by atoms with van der Waals surface area (Å²) < 4.78 is 5.21. The number of Topliss-reactive ketones (excluding diaryl/α,β-unsaturated/α-hetero) is 1. The molecule has 3 heteroatoms. The summed E-state index contributed by atoms with van der Waals surface area (Å²) in [6, 6.07) is 18.0. The Labute approximate surface area is 117 Å². The van der Waals surface area contributed by atoms with E-state index in [0.29, 0.717) is 16.9 Å². The molecule has 0 amide bonds. The number of hydrogen-bond acceptors (Lipinski definition) is 3. The second-order valence-corrected chi connectivity index (χ2v) is 4.11. The fourth-order valence-corrected chi connectivity index (χ4v) is 1.83. The molecule has 0 aliphatic rings. The van der Waals surface area contributed by atoms with Gasteiger partial charge in [0.15, 0.2) is 0 Å². The second kappa shape index (κ2) is 6.35. The number of nitriles is 1. The number of nitrogens with zero attached hydrogens (tertiary/aromatic N) is 1. The first-order valence-electron chi connectivity index (χ1n) is 6.11. The van der Waals surface area contributed by atoms with Crippen LogP contribution in [-0.4, -0.2) is 12.9 Å². The second-order valence-electron chi connectivity index (χ2n) is 4.11. The molecular formula is C17H13NO2. The zero-order chi connectivity index (χ0) is 14.4. The quantitative estimate of drug-likeness (QED) is 0.482. The number of ether oxygens (including phenoxy) is 1. The Morgan fingerprint density at radius 1 is 1.10 bits per heavy atom. The van der Waals surface area contributed by atoms with Crippen LogP contribution in [0.4, 0.5) is 0 Å². The molecule has 0 atom stereocenters. The van der Waals surface area contributed by atoms with Gasteiger partial charge in [-0.25, -0.2) is 0 Å². The number of rotatable bonds is 4. The Balaban J connectivity index is 2.40. The first kappa shape index (κ1) is 13.6. The molecule has 2 rings (SSSR count). The molecule has 0 radical (unpaired) electrons. The van der Waals surface area contributed by atoms with E-state index in [2.05, 4.69) is 0 Å². The fourth-order valence-electron chi connectivity index (χ4n) is 1.83. The number of benzene rings is 2. The van der Waals surface area contributed by atoms with Crippen molar-refractivity contribution in [1.82, 2.24) is 0 Å². The van der Waals surface area contributed by atoms with Crippen LogP contribution >= 0.6 is 0 Å². The highest BCUT2D eigenvalue weighted by Gasteiger charge is 2.12. The van der Waals surface area contributed by atoms with Crippen molar-refractivity contribution in [1.29, 1.82) is 5.26 Å². The number of hydrogen-bond donors (Lipinski definition) is 0. The van der Waals surface area contributed by atoms with Crippen molar-refractivity contribution in [2.45, 2.75) is 0 Å². The molecule has 0 N–H and O–H groups in total. The third-order valence-electron chi connectivity index (χ3n) is 2.84. The maximum absolute atomic E-state index is 12.2. The predicted octanol–water partition coefficient (Wildman–Crippen LogP) is 3.49. The van der Waals surface area contributed by atoms with Crippen LogP contribution < -0.4 is 4.74 Å². The van der Waals surface area contributed by atoms with Gasteiger partial charge < -0.3 is 4.74 Å². The van der Waals surface area contributed by atoms with Crippen LogP contribution in [0.1, 0.15) is 15.9 Å². The van der Waals surface area contributed by atoms with Crippen LogP contribution in [-0.2, 0) is 0 Å². The van der Waals surface area contributed by atoms with Gasteiger partial charge in [0.05, 0.1) is 7.11 Å². The standard InChI is InChI=1S/C17H13NO2/c1-20-16-10-6-5-9-14(16)11-15(12-18)17(19)13-7-3-2-4-8-13/h2-11H,1H3/b15-11+. The van der Waals surface area contributed by atoms with E-state index in [4.69, 9.17) is 4.74 Å². The van der Waals surface area contributed by atoms with E-state index in [1.807, 2.05) is 24.3 Å². The molecule has 0 aromatic heterocycles. The highest BCUT2D eigenvalue weighted by atomic mass is 16.5. The average Bonchev–Trinajstić information content (AvgIpc) is 2.53. The SMILES string of the molecule is COc1ccccc1/C=C(\C#N)C(=O)c1ccccc1. The Bertz CT molecular complexity index is 682. The summed E-state index contributed by atoms with van der Waals surface area (Å²) in [7, 11) is 1.55. The summed E-state index contributed by atoms with van der Waals surface area (Å²) >= 11 is 0. The largest absolute Gasteiger partial charge is 0.496 e. The Morgan fingerprint density at radius 3 is 2.40 bits per heavy atom. The van der Waals surface area contributed by atoms with Crippen molar-refractivity contribution < 1.29 is 9.53 Å². The molecule has 0 saturated heterocycles. The first-order valence-corrected chi connectivity index (χ1v) is 6.11. The summed E-state index contributed by atoms with van der Waals surface area (Å²) in [5.74, 6) is 0.333. The molecule has 0 unspecified atom stereocenters. The monoisotopic (exact) mass is 263 g/mol. The topological polar surface area (TPSA) is 50.1 Å². The molecule has 0 heterocycles. The number of carbonyl (C=O) groups is 1. The summed E-state index contributed by atoms with van der Waals surface area (Å²) in [6.07, 6.45) is 1.55. The van der Waals surface area contributed by atoms with E-state index in [1.165, 1.54) is 0 Å². The van der Waals surface area contributed by atoms with Gasteiger partial charge in [0.25, 0.3) is 0 Å². The molecule has 2 aromatic carbocycles. The lowest BCUT2D eigenvalue weighted by Crippen LogP contribution is -2.01. The van der Waals surface area contributed by atoms with E-state index >= 15 is 0 Å². The highest BCUT2D eigenvalue weighted by Crippen LogP contribution is 2.21. The average molecular weight is 263 g/mol. The lowest BCUT2D eigenvalue weighted by molar-refractivity contribution is 0.104. The van der Waals surface area contributed by atoms with E-state index in [9.17, 15) is 10.1 Å². The minimum Gasteiger partial charge on any atom is -0.496 e. The van der Waals surface area contributed by atoms with E-state index in [0.717, 1.165) is 0 Å². The van der Waals surface area contributed by atoms with Gasteiger partial charge in [-0.05, 0) is 12.1 Å². The molecule has 98 valence electrons. The van der Waals surface area contributed by atoms with Crippen molar-refractivity contribution in [2.75, 3.05) is 7.11 Å². The Morgan fingerprint density at radius 2 is 1.75 bits per heavy atom. The van der Waals surface area contributed by atoms with Gasteiger partial charge in [0.2, 0.25) is 5.78 Å². The smallest absolute Gasteiger partial charge is 0.203 e. The lowest BCUT2D eigenvalue weighted by Gasteiger charge is -2.04. The van der Waals surface area contributed by atoms with Gasteiger partial charge in [0.1, 0.15) is 17.4 Å². The van der Waals surface area contributed by atoms with E-state index in [-0.39, 0.29) is 11.4 Å². The molecule has 3 nitrogen and oxygen atoms in total. The summed E-state index contributed by atoms with van der Waals surface area (Å²) in [4.78, 5) is 12.2. The van der Waals surface area contributed by atoms with Crippen LogP contribution in [0.3, 0.4) is 0 Å². The van der Waals surface area contributed by atoms with Gasteiger partial charge in [-0.1, -0.05) is 48.5 Å². The molecule has 0 aliphatic carbocycles. The van der Waals surface area contributed by atoms with Gasteiger partial charge in [-0.15, -0.1) is 0 Å². The van der Waals surface area contributed by atoms with Crippen molar-refractivity contribution in [3.05, 3.63) is 71.3 Å². The van der Waals surface area contributed by atoms with E-state index in [1.54, 1.807) is 49.6 Å². The predicted molar refractivity (Wildman–Crippen MR) is 77.4 cm³/mol. The minimum atomic E-state index is -0.293. The number of allylic oxidation sites excluding steroid dienone is 1. The normalized spacial score (nSPS) is 10.7. The maximum atomic E-state index is 12.2. The van der Waals surface area contributed by atoms with Gasteiger partial charge in [0, 0.05) is 11.1 Å². The molecule has 0 saturated carbocycles. The number of methoxy groups -OCH3 is 1. The third-order valence-corrected chi connectivity index (χ3v) is 2.84. The molecule has 0 spiro atoms. The summed E-state index contributed by atoms with van der Waals surface area (Å²) in [6.45, 7) is 0. The zero-order valence-corrected chi connectivity index (χ0v) is 11.0. The van der Waals surface area contributed by atoms with Crippen LogP contribution in [0, 0.1) is 11.3 Å². The van der Waals surface area contributed by atoms with Crippen molar-refractivity contribution in [3.63, 3.8) is 0 Å². The molecule has 2 aromatic rings. The number of para-hydroxylation sites is 1. The molecule has 20 heavy (non-hydrogen) atoms. The first-order chi connectivity index (χ1) is 9.76. The molecule has 0 aliphatic heterocycles. The summed E-state index contributed by atoms with van der Waals surface area (Å²) in [5.41, 5.74) is 1.28. The van der Waals surface area contributed by atoms with Crippen molar-refractivity contribution in [2.24, 2.45) is 0 Å². The maximum Gasteiger partial charge on any atom is 0.203 e. The Hall–Kier alpha value is -2.86. The third kappa shape index (κ3) is 2.93. The van der Waals surface area contributed by atoms with Crippen LogP contribution in [0.2, 0.25) is 0 Å². The molecule has 0 fully saturated rings. The number of ketones is 1. The minimum absolute atomic E-state index is 0.0840. The zero-order valence-electron chi connectivity index (χ0n) is 11.0. The van der Waals surface area contributed by atoms with Gasteiger partial charge >= 0.3 is 0 Å². The number of carbonyl (C=O) groups excluding carboxylic acids is 1. The summed E-state index contributed by atoms with van der Waals surface area (Å²) in [5, 5.41) is 9.20. The van der Waals surface area contributed by atoms with Crippen molar-refractivity contribution in [3.8, 4) is 11.8 Å². The van der Waals surface area contributed by atoms with Gasteiger partial charge in [-0.3, -0.25) is 4.79 Å². The van der Waals surface area contributed by atoms with Crippen LogP contribution in [0.25, 0.3) is 6.08 Å². The molecular weight excluding hydrogens is 250 g/mol. The van der Waals surface area contributed by atoms with Crippen molar-refractivity contribution >= 4 is 11.9 Å². The lowest BCUT2D eigenvalue weighted by atomic mass is 10.0. The highest BCUT2D eigenvalue weighted by molar-refractivity contribution is 6.14. The fraction of sp³-hybridized carbons (Fsp3) is 0.0588. The van der Waals surface area contributed by atoms with E-state index < -0.39 is 0 Å². The van der Waals surface area contributed by atoms with Crippen LogP contribution in [0.15, 0.2) is 60.2 Å². The van der Waals surface area contributed by atoms with Gasteiger partial charge in [-0.2, -0.15) is 5.26 Å². The molecule has 0 bridgehead atoms.